The van der Waals surface area contributed by atoms with Crippen LogP contribution in [-0.4, -0.2) is 62.9 Å². The molecule has 18 heavy (non-hydrogen) atoms. The van der Waals surface area contributed by atoms with Gasteiger partial charge in [0, 0.05) is 51.0 Å². The third-order valence-electron chi connectivity index (χ3n) is 4.74. The van der Waals surface area contributed by atoms with Gasteiger partial charge in [-0.25, -0.2) is 0 Å². The van der Waals surface area contributed by atoms with E-state index in [1.54, 1.807) is 0 Å². The molecule has 2 N–H and O–H groups in total. The first-order valence-electron chi connectivity index (χ1n) is 7.37. The molecule has 1 atom stereocenters. The maximum absolute atomic E-state index is 5.50. The van der Waals surface area contributed by atoms with Crippen LogP contribution in [0.25, 0.3) is 0 Å². The van der Waals surface area contributed by atoms with Gasteiger partial charge in [0.15, 0.2) is 0 Å². The van der Waals surface area contributed by atoms with Gasteiger partial charge in [-0.1, -0.05) is 0 Å². The summed E-state index contributed by atoms with van der Waals surface area (Å²) in [7, 11) is 2.12. The molecular formula is C14H29N3O. The molecular weight excluding hydrogens is 226 g/mol. The number of ether oxygens (including phenoxy) is 1. The number of piperazine rings is 1. The summed E-state index contributed by atoms with van der Waals surface area (Å²) < 4.78 is 5.50. The minimum atomic E-state index is 0.221. The van der Waals surface area contributed by atoms with Crippen LogP contribution in [0.15, 0.2) is 0 Å². The molecule has 2 heterocycles. The highest BCUT2D eigenvalue weighted by Gasteiger charge is 2.39. The normalized spacial score (nSPS) is 26.2. The average Bonchev–Trinajstić information content (AvgIpc) is 2.41. The van der Waals surface area contributed by atoms with Crippen molar-refractivity contribution in [3.8, 4) is 0 Å². The second-order valence-corrected chi connectivity index (χ2v) is 6.11. The van der Waals surface area contributed by atoms with Gasteiger partial charge in [-0.05, 0) is 39.7 Å². The second-order valence-electron chi connectivity index (χ2n) is 6.11. The average molecular weight is 255 g/mol. The summed E-state index contributed by atoms with van der Waals surface area (Å²) >= 11 is 0. The molecule has 2 fully saturated rings. The van der Waals surface area contributed by atoms with Crippen LogP contribution in [0.3, 0.4) is 0 Å². The van der Waals surface area contributed by atoms with Crippen molar-refractivity contribution >= 4 is 0 Å². The molecule has 0 aromatic carbocycles. The zero-order valence-electron chi connectivity index (χ0n) is 12.2. The van der Waals surface area contributed by atoms with E-state index in [0.717, 1.165) is 45.3 Å². The predicted molar refractivity (Wildman–Crippen MR) is 74.9 cm³/mol. The number of hydrogen-bond donors (Lipinski definition) is 2. The summed E-state index contributed by atoms with van der Waals surface area (Å²) in [5, 5.41) is 7.03. The highest BCUT2D eigenvalue weighted by molar-refractivity contribution is 4.98. The molecule has 0 radical (unpaired) electrons. The van der Waals surface area contributed by atoms with E-state index in [-0.39, 0.29) is 5.54 Å². The van der Waals surface area contributed by atoms with Gasteiger partial charge in [0.1, 0.15) is 0 Å². The first kappa shape index (κ1) is 14.3. The van der Waals surface area contributed by atoms with Crippen molar-refractivity contribution in [2.75, 3.05) is 46.4 Å². The van der Waals surface area contributed by atoms with E-state index in [0.29, 0.717) is 6.04 Å². The van der Waals surface area contributed by atoms with E-state index >= 15 is 0 Å². The first-order valence-corrected chi connectivity index (χ1v) is 7.37. The SMILES string of the molecule is CNC(C1CCOCC1)C(C)(C)N1CCNCC1. The Morgan fingerprint density at radius 3 is 2.39 bits per heavy atom. The lowest BCUT2D eigenvalue weighted by Crippen LogP contribution is -2.63. The fourth-order valence-electron chi connectivity index (χ4n) is 3.65. The Morgan fingerprint density at radius 2 is 1.83 bits per heavy atom. The smallest absolute Gasteiger partial charge is 0.0469 e. The first-order chi connectivity index (χ1) is 8.66. The summed E-state index contributed by atoms with van der Waals surface area (Å²) in [4.78, 5) is 2.64. The predicted octanol–water partition coefficient (Wildman–Crippen LogP) is 0.685. The van der Waals surface area contributed by atoms with Crippen molar-refractivity contribution in [2.45, 2.75) is 38.3 Å². The van der Waals surface area contributed by atoms with Crippen molar-refractivity contribution in [3.63, 3.8) is 0 Å². The van der Waals surface area contributed by atoms with Gasteiger partial charge in [0.05, 0.1) is 0 Å². The molecule has 0 bridgehead atoms. The molecule has 106 valence electrons. The van der Waals surface area contributed by atoms with Crippen LogP contribution >= 0.6 is 0 Å². The molecule has 0 aliphatic carbocycles. The highest BCUT2D eigenvalue weighted by atomic mass is 16.5. The Kier molecular flexibility index (Phi) is 5.01. The van der Waals surface area contributed by atoms with Gasteiger partial charge in [-0.3, -0.25) is 4.90 Å². The standard InChI is InChI=1S/C14H29N3O/c1-14(2,17-8-6-16-7-9-17)13(15-3)12-4-10-18-11-5-12/h12-13,15-16H,4-11H2,1-3H3. The Bertz CT molecular complexity index is 245. The summed E-state index contributed by atoms with van der Waals surface area (Å²) in [6.07, 6.45) is 2.39. The van der Waals surface area contributed by atoms with E-state index in [4.69, 9.17) is 4.74 Å². The molecule has 0 amide bonds. The van der Waals surface area contributed by atoms with E-state index in [1.807, 2.05) is 0 Å². The molecule has 2 saturated heterocycles. The monoisotopic (exact) mass is 255 g/mol. The lowest BCUT2D eigenvalue weighted by atomic mass is 9.79. The molecule has 4 nitrogen and oxygen atoms in total. The van der Waals surface area contributed by atoms with Gasteiger partial charge < -0.3 is 15.4 Å². The van der Waals surface area contributed by atoms with Crippen molar-refractivity contribution in [3.05, 3.63) is 0 Å². The Morgan fingerprint density at radius 1 is 1.22 bits per heavy atom. The molecule has 1 unspecified atom stereocenters. The summed E-state index contributed by atoms with van der Waals surface area (Å²) in [6.45, 7) is 11.2. The maximum Gasteiger partial charge on any atom is 0.0469 e. The van der Waals surface area contributed by atoms with E-state index in [2.05, 4.69) is 36.4 Å². The van der Waals surface area contributed by atoms with Crippen LogP contribution in [0.5, 0.6) is 0 Å². The van der Waals surface area contributed by atoms with E-state index in [1.165, 1.54) is 12.8 Å². The molecule has 0 saturated carbocycles. The lowest BCUT2D eigenvalue weighted by Gasteiger charge is -2.49. The lowest BCUT2D eigenvalue weighted by molar-refractivity contribution is 0.00351. The number of rotatable bonds is 4. The quantitative estimate of drug-likeness (QED) is 0.775. The maximum atomic E-state index is 5.50. The van der Waals surface area contributed by atoms with E-state index in [9.17, 15) is 0 Å². The minimum absolute atomic E-state index is 0.221. The molecule has 0 aromatic heterocycles. The fraction of sp³-hybridized carbons (Fsp3) is 1.00. The van der Waals surface area contributed by atoms with Crippen molar-refractivity contribution in [1.29, 1.82) is 0 Å². The van der Waals surface area contributed by atoms with Crippen LogP contribution in [0.2, 0.25) is 0 Å². The van der Waals surface area contributed by atoms with Gasteiger partial charge in [0.2, 0.25) is 0 Å². The number of likely N-dealkylation sites (N-methyl/N-ethyl adjacent to an activating group) is 1. The summed E-state index contributed by atoms with van der Waals surface area (Å²) in [5.41, 5.74) is 0.221. The third-order valence-corrected chi connectivity index (χ3v) is 4.74. The van der Waals surface area contributed by atoms with E-state index < -0.39 is 0 Å². The number of nitrogens with zero attached hydrogens (tertiary/aromatic N) is 1. The molecule has 2 aliphatic rings. The molecule has 2 rings (SSSR count). The van der Waals surface area contributed by atoms with Crippen LogP contribution < -0.4 is 10.6 Å². The van der Waals surface area contributed by atoms with Gasteiger partial charge in [0.25, 0.3) is 0 Å². The van der Waals surface area contributed by atoms with Gasteiger partial charge in [-0.2, -0.15) is 0 Å². The molecule has 0 aromatic rings. The Hall–Kier alpha value is -0.160. The zero-order valence-corrected chi connectivity index (χ0v) is 12.2. The topological polar surface area (TPSA) is 36.5 Å². The van der Waals surface area contributed by atoms with Crippen molar-refractivity contribution < 1.29 is 4.74 Å². The summed E-state index contributed by atoms with van der Waals surface area (Å²) in [6, 6.07) is 0.555. The van der Waals surface area contributed by atoms with Crippen LogP contribution in [0.4, 0.5) is 0 Å². The van der Waals surface area contributed by atoms with Gasteiger partial charge >= 0.3 is 0 Å². The molecule has 4 heteroatoms. The largest absolute Gasteiger partial charge is 0.381 e. The number of hydrogen-bond acceptors (Lipinski definition) is 4. The van der Waals surface area contributed by atoms with Crippen LogP contribution in [0.1, 0.15) is 26.7 Å². The fourth-order valence-corrected chi connectivity index (χ4v) is 3.65. The van der Waals surface area contributed by atoms with Gasteiger partial charge in [-0.15, -0.1) is 0 Å². The third kappa shape index (κ3) is 3.05. The Balaban J connectivity index is 2.03. The van der Waals surface area contributed by atoms with Crippen LogP contribution in [-0.2, 0) is 4.74 Å². The minimum Gasteiger partial charge on any atom is -0.381 e. The van der Waals surface area contributed by atoms with Crippen molar-refractivity contribution in [1.82, 2.24) is 15.5 Å². The molecule has 0 spiro atoms. The summed E-state index contributed by atoms with van der Waals surface area (Å²) in [5.74, 6) is 0.744. The Labute approximate surface area is 111 Å². The molecule has 2 aliphatic heterocycles. The van der Waals surface area contributed by atoms with Crippen molar-refractivity contribution in [2.24, 2.45) is 5.92 Å². The second kappa shape index (κ2) is 6.33. The van der Waals surface area contributed by atoms with Crippen LogP contribution in [0, 0.1) is 5.92 Å². The highest BCUT2D eigenvalue weighted by Crippen LogP contribution is 2.30. The number of nitrogens with one attached hydrogen (secondary N) is 2. The zero-order chi connectivity index (χ0) is 13.0.